The fourth-order valence-corrected chi connectivity index (χ4v) is 3.28. The van der Waals surface area contributed by atoms with Gasteiger partial charge in [-0.25, -0.2) is 17.8 Å². The summed E-state index contributed by atoms with van der Waals surface area (Å²) in [7, 11) is -1.87. The molecule has 114 valence electrons. The van der Waals surface area contributed by atoms with Gasteiger partial charge in [-0.3, -0.25) is 4.72 Å². The Morgan fingerprint density at radius 1 is 1.14 bits per heavy atom. The first kappa shape index (κ1) is 14.5. The van der Waals surface area contributed by atoms with Crippen molar-refractivity contribution in [3.05, 3.63) is 54.1 Å². The number of hydrogen-bond acceptors (Lipinski definition) is 3. The number of fused-ring (bicyclic) bond motifs is 1. The maximum atomic E-state index is 12.9. The first-order valence-corrected chi connectivity index (χ1v) is 8.06. The van der Waals surface area contributed by atoms with Gasteiger partial charge in [-0.05, 0) is 49.4 Å². The first-order valence-electron chi connectivity index (χ1n) is 6.58. The quantitative estimate of drug-likeness (QED) is 0.807. The highest BCUT2D eigenvalue weighted by Gasteiger charge is 2.16. The number of nitrogens with one attached hydrogen (secondary N) is 1. The molecule has 0 atom stereocenters. The maximum absolute atomic E-state index is 12.9. The Hall–Kier alpha value is -2.41. The number of hydrogen-bond donors (Lipinski definition) is 1. The van der Waals surface area contributed by atoms with Crippen molar-refractivity contribution in [2.24, 2.45) is 7.05 Å². The molecule has 22 heavy (non-hydrogen) atoms. The molecule has 1 N–H and O–H groups in total. The van der Waals surface area contributed by atoms with Gasteiger partial charge < -0.3 is 4.57 Å². The van der Waals surface area contributed by atoms with Crippen molar-refractivity contribution in [2.45, 2.75) is 11.8 Å². The monoisotopic (exact) mass is 319 g/mol. The summed E-state index contributed by atoms with van der Waals surface area (Å²) < 4.78 is 41.9. The molecule has 0 saturated heterocycles. The van der Waals surface area contributed by atoms with E-state index in [0.717, 1.165) is 11.3 Å². The molecule has 0 aliphatic heterocycles. The summed E-state index contributed by atoms with van der Waals surface area (Å²) in [6, 6.07) is 9.90. The van der Waals surface area contributed by atoms with Gasteiger partial charge in [0.1, 0.15) is 11.6 Å². The first-order chi connectivity index (χ1) is 10.4. The van der Waals surface area contributed by atoms with Crippen LogP contribution in [0.2, 0.25) is 0 Å². The Balaban J connectivity index is 1.99. The molecule has 1 heterocycles. The van der Waals surface area contributed by atoms with Crippen LogP contribution in [0.1, 0.15) is 5.82 Å². The zero-order valence-electron chi connectivity index (χ0n) is 12.0. The summed E-state index contributed by atoms with van der Waals surface area (Å²) >= 11 is 0. The number of aromatic nitrogens is 2. The van der Waals surface area contributed by atoms with Crippen molar-refractivity contribution in [1.29, 1.82) is 0 Å². The molecule has 0 amide bonds. The third-order valence-electron chi connectivity index (χ3n) is 3.48. The summed E-state index contributed by atoms with van der Waals surface area (Å²) in [4.78, 5) is 4.44. The second-order valence-corrected chi connectivity index (χ2v) is 6.66. The Kier molecular flexibility index (Phi) is 3.37. The Labute approximate surface area is 127 Å². The van der Waals surface area contributed by atoms with E-state index in [1.807, 2.05) is 18.5 Å². The molecule has 1 aromatic heterocycles. The molecular formula is C15H14FN3O2S. The van der Waals surface area contributed by atoms with E-state index in [2.05, 4.69) is 9.71 Å². The van der Waals surface area contributed by atoms with Crippen molar-refractivity contribution >= 4 is 26.7 Å². The van der Waals surface area contributed by atoms with Crippen molar-refractivity contribution in [3.8, 4) is 0 Å². The zero-order chi connectivity index (χ0) is 15.9. The Morgan fingerprint density at radius 2 is 1.82 bits per heavy atom. The highest BCUT2D eigenvalue weighted by Crippen LogP contribution is 2.21. The van der Waals surface area contributed by atoms with Crippen LogP contribution in [0.15, 0.2) is 47.4 Å². The highest BCUT2D eigenvalue weighted by molar-refractivity contribution is 7.92. The maximum Gasteiger partial charge on any atom is 0.261 e. The van der Waals surface area contributed by atoms with E-state index in [4.69, 9.17) is 0 Å². The van der Waals surface area contributed by atoms with E-state index in [1.54, 1.807) is 6.07 Å². The number of aryl methyl sites for hydroxylation is 2. The third-order valence-corrected chi connectivity index (χ3v) is 4.86. The minimum absolute atomic E-state index is 0.113. The molecule has 0 fully saturated rings. The van der Waals surface area contributed by atoms with E-state index in [9.17, 15) is 12.8 Å². The van der Waals surface area contributed by atoms with Crippen LogP contribution in [-0.4, -0.2) is 18.0 Å². The minimum Gasteiger partial charge on any atom is -0.331 e. The van der Waals surface area contributed by atoms with Gasteiger partial charge in [0, 0.05) is 12.7 Å². The van der Waals surface area contributed by atoms with Gasteiger partial charge in [-0.15, -0.1) is 0 Å². The molecular weight excluding hydrogens is 305 g/mol. The van der Waals surface area contributed by atoms with Crippen LogP contribution >= 0.6 is 0 Å². The number of halogens is 1. The van der Waals surface area contributed by atoms with Crippen molar-refractivity contribution in [2.75, 3.05) is 4.72 Å². The molecule has 2 aromatic carbocycles. The summed E-state index contributed by atoms with van der Waals surface area (Å²) in [5.41, 5.74) is 1.78. The van der Waals surface area contributed by atoms with Crippen molar-refractivity contribution in [1.82, 2.24) is 9.55 Å². The second-order valence-electron chi connectivity index (χ2n) is 4.98. The second kappa shape index (κ2) is 5.10. The van der Waals surface area contributed by atoms with Gasteiger partial charge in [0.2, 0.25) is 0 Å². The van der Waals surface area contributed by atoms with E-state index in [0.29, 0.717) is 11.2 Å². The lowest BCUT2D eigenvalue weighted by molar-refractivity contribution is 0.601. The van der Waals surface area contributed by atoms with Gasteiger partial charge in [0.25, 0.3) is 10.0 Å². The van der Waals surface area contributed by atoms with Crippen LogP contribution in [0.25, 0.3) is 11.0 Å². The van der Waals surface area contributed by atoms with Gasteiger partial charge in [0.05, 0.1) is 15.9 Å². The SMILES string of the molecule is Cc1nc2cc(S(=O)(=O)Nc3ccc(F)cc3)ccc2n1C. The molecule has 0 spiro atoms. The van der Waals surface area contributed by atoms with Crippen molar-refractivity contribution < 1.29 is 12.8 Å². The normalized spacial score (nSPS) is 11.8. The zero-order valence-corrected chi connectivity index (χ0v) is 12.9. The number of anilines is 1. The fraction of sp³-hybridized carbons (Fsp3) is 0.133. The van der Waals surface area contributed by atoms with E-state index in [1.165, 1.54) is 36.4 Å². The lowest BCUT2D eigenvalue weighted by atomic mass is 10.3. The summed E-state index contributed by atoms with van der Waals surface area (Å²) in [5, 5.41) is 0. The molecule has 0 aliphatic rings. The topological polar surface area (TPSA) is 64.0 Å². The Morgan fingerprint density at radius 3 is 2.50 bits per heavy atom. The smallest absolute Gasteiger partial charge is 0.261 e. The standard InChI is InChI=1S/C15H14FN3O2S/c1-10-17-14-9-13(7-8-15(14)19(10)2)22(20,21)18-12-5-3-11(16)4-6-12/h3-9,18H,1-2H3. The number of benzene rings is 2. The average Bonchev–Trinajstić information content (AvgIpc) is 2.76. The number of sulfonamides is 1. The van der Waals surface area contributed by atoms with Gasteiger partial charge in [-0.1, -0.05) is 0 Å². The van der Waals surface area contributed by atoms with Crippen LogP contribution < -0.4 is 4.72 Å². The van der Waals surface area contributed by atoms with Gasteiger partial charge in [0.15, 0.2) is 0 Å². The molecule has 5 nitrogen and oxygen atoms in total. The Bertz CT molecular complexity index is 947. The predicted octanol–water partition coefficient (Wildman–Crippen LogP) is 2.82. The molecule has 0 unspecified atom stereocenters. The molecule has 7 heteroatoms. The number of rotatable bonds is 3. The van der Waals surface area contributed by atoms with Crippen LogP contribution in [0.5, 0.6) is 0 Å². The summed E-state index contributed by atoms with van der Waals surface area (Å²) in [6.45, 7) is 1.85. The average molecular weight is 319 g/mol. The molecule has 3 aromatic rings. The van der Waals surface area contributed by atoms with Gasteiger partial charge in [-0.2, -0.15) is 0 Å². The lowest BCUT2D eigenvalue weighted by Crippen LogP contribution is -2.12. The fourth-order valence-electron chi connectivity index (χ4n) is 2.20. The minimum atomic E-state index is -3.74. The predicted molar refractivity (Wildman–Crippen MR) is 82.7 cm³/mol. The van der Waals surface area contributed by atoms with Crippen LogP contribution in [0, 0.1) is 12.7 Å². The summed E-state index contributed by atoms with van der Waals surface area (Å²) in [6.07, 6.45) is 0. The molecule has 0 aliphatic carbocycles. The molecule has 0 radical (unpaired) electrons. The van der Waals surface area contributed by atoms with Gasteiger partial charge >= 0.3 is 0 Å². The largest absolute Gasteiger partial charge is 0.331 e. The highest BCUT2D eigenvalue weighted by atomic mass is 32.2. The number of imidazole rings is 1. The molecule has 0 bridgehead atoms. The van der Waals surface area contributed by atoms with Crippen LogP contribution in [0.4, 0.5) is 10.1 Å². The lowest BCUT2D eigenvalue weighted by Gasteiger charge is -2.08. The number of nitrogens with zero attached hydrogens (tertiary/aromatic N) is 2. The van der Waals surface area contributed by atoms with E-state index in [-0.39, 0.29) is 4.90 Å². The van der Waals surface area contributed by atoms with E-state index >= 15 is 0 Å². The summed E-state index contributed by atoms with van der Waals surface area (Å²) in [5.74, 6) is 0.379. The molecule has 0 saturated carbocycles. The van der Waals surface area contributed by atoms with Crippen molar-refractivity contribution in [3.63, 3.8) is 0 Å². The third kappa shape index (κ3) is 2.55. The van der Waals surface area contributed by atoms with Crippen LogP contribution in [0.3, 0.4) is 0 Å². The van der Waals surface area contributed by atoms with Crippen LogP contribution in [-0.2, 0) is 17.1 Å². The molecule has 3 rings (SSSR count). The van der Waals surface area contributed by atoms with E-state index < -0.39 is 15.8 Å².